The average molecular weight is 398 g/mol. The molecule has 4 aromatic rings. The van der Waals surface area contributed by atoms with Gasteiger partial charge in [-0.25, -0.2) is 10.1 Å². The highest BCUT2D eigenvalue weighted by Gasteiger charge is 2.14. The molecule has 0 unspecified atom stereocenters. The summed E-state index contributed by atoms with van der Waals surface area (Å²) >= 11 is 0. The minimum absolute atomic E-state index is 0.312. The number of carbonyl (C=O) groups is 1. The van der Waals surface area contributed by atoms with Gasteiger partial charge in [-0.05, 0) is 38.5 Å². The van der Waals surface area contributed by atoms with Crippen LogP contribution < -0.4 is 5.43 Å². The molecule has 0 bridgehead atoms. The molecule has 30 heavy (non-hydrogen) atoms. The van der Waals surface area contributed by atoms with Crippen molar-refractivity contribution in [2.45, 2.75) is 20.8 Å². The predicted octanol–water partition coefficient (Wildman–Crippen LogP) is 4.82. The number of nitrogens with zero attached hydrogens (tertiary/aromatic N) is 3. The number of hydrogen-bond donors (Lipinski definition) is 1. The van der Waals surface area contributed by atoms with Gasteiger partial charge >= 0.3 is 0 Å². The van der Waals surface area contributed by atoms with E-state index >= 15 is 0 Å². The molecule has 0 aliphatic carbocycles. The molecule has 4 rings (SSSR count). The van der Waals surface area contributed by atoms with Crippen LogP contribution in [0.3, 0.4) is 0 Å². The van der Waals surface area contributed by atoms with E-state index in [1.54, 1.807) is 26.1 Å². The lowest BCUT2D eigenvalue weighted by molar-refractivity contribution is 0.0953. The molecule has 0 saturated carbocycles. The Morgan fingerprint density at radius 2 is 1.80 bits per heavy atom. The molecule has 1 N–H and O–H groups in total. The molecular formula is C24H22N4O2. The Balaban J connectivity index is 1.66. The number of carbonyl (C=O) groups excluding carboxylic acids is 1. The Labute approximate surface area is 174 Å². The van der Waals surface area contributed by atoms with Crippen molar-refractivity contribution < 1.29 is 9.21 Å². The fourth-order valence-electron chi connectivity index (χ4n) is 3.32. The Kier molecular flexibility index (Phi) is 5.30. The summed E-state index contributed by atoms with van der Waals surface area (Å²) < 4.78 is 7.25. The first kappa shape index (κ1) is 19.4. The minimum atomic E-state index is -0.312. The third-order valence-electron chi connectivity index (χ3n) is 4.81. The van der Waals surface area contributed by atoms with Gasteiger partial charge in [-0.2, -0.15) is 10.2 Å². The predicted molar refractivity (Wildman–Crippen MR) is 117 cm³/mol. The van der Waals surface area contributed by atoms with Gasteiger partial charge in [-0.15, -0.1) is 0 Å². The molecule has 0 atom stereocenters. The standard InChI is InChI=1S/C24H22N4O2/c1-16-9-7-8-12-22(16)28-15-20(23(27-28)19-10-5-4-6-11-19)14-25-26-24(29)21-13-17(2)30-18(21)3/h4-15H,1-3H3,(H,26,29)/b25-14-. The molecule has 0 radical (unpaired) electrons. The van der Waals surface area contributed by atoms with Crippen molar-refractivity contribution in [1.82, 2.24) is 15.2 Å². The van der Waals surface area contributed by atoms with Crippen LogP contribution >= 0.6 is 0 Å². The topological polar surface area (TPSA) is 72.4 Å². The smallest absolute Gasteiger partial charge is 0.274 e. The van der Waals surface area contributed by atoms with Crippen molar-refractivity contribution in [3.05, 3.63) is 95.1 Å². The summed E-state index contributed by atoms with van der Waals surface area (Å²) in [6.45, 7) is 5.60. The van der Waals surface area contributed by atoms with Gasteiger partial charge in [0.2, 0.25) is 0 Å². The Hall–Kier alpha value is -3.93. The normalized spacial score (nSPS) is 11.2. The molecule has 150 valence electrons. The van der Waals surface area contributed by atoms with Crippen molar-refractivity contribution in [2.75, 3.05) is 0 Å². The first-order chi connectivity index (χ1) is 14.5. The van der Waals surface area contributed by atoms with Crippen molar-refractivity contribution in [3.8, 4) is 16.9 Å². The average Bonchev–Trinajstić information content (AvgIpc) is 3.31. The maximum absolute atomic E-state index is 12.4. The Morgan fingerprint density at radius 1 is 1.07 bits per heavy atom. The fourth-order valence-corrected chi connectivity index (χ4v) is 3.32. The largest absolute Gasteiger partial charge is 0.466 e. The highest BCUT2D eigenvalue weighted by Crippen LogP contribution is 2.23. The summed E-state index contributed by atoms with van der Waals surface area (Å²) in [5.41, 5.74) is 7.70. The van der Waals surface area contributed by atoms with E-state index in [9.17, 15) is 4.79 Å². The van der Waals surface area contributed by atoms with Crippen LogP contribution in [0, 0.1) is 20.8 Å². The third kappa shape index (κ3) is 3.93. The summed E-state index contributed by atoms with van der Waals surface area (Å²) in [5.74, 6) is 0.943. The molecular weight excluding hydrogens is 376 g/mol. The summed E-state index contributed by atoms with van der Waals surface area (Å²) in [4.78, 5) is 12.4. The number of amides is 1. The molecule has 6 heteroatoms. The molecule has 2 aromatic carbocycles. The van der Waals surface area contributed by atoms with Gasteiger partial charge in [0.05, 0.1) is 17.5 Å². The molecule has 0 aliphatic heterocycles. The van der Waals surface area contributed by atoms with E-state index in [0.29, 0.717) is 17.1 Å². The molecule has 0 aliphatic rings. The zero-order chi connectivity index (χ0) is 21.1. The maximum Gasteiger partial charge on any atom is 0.274 e. The summed E-state index contributed by atoms with van der Waals surface area (Å²) in [7, 11) is 0. The van der Waals surface area contributed by atoms with Crippen LogP contribution in [0.1, 0.15) is 33.0 Å². The highest BCUT2D eigenvalue weighted by atomic mass is 16.3. The van der Waals surface area contributed by atoms with Crippen LogP contribution in [-0.2, 0) is 0 Å². The molecule has 0 saturated heterocycles. The molecule has 2 aromatic heterocycles. The van der Waals surface area contributed by atoms with Gasteiger partial charge in [0, 0.05) is 17.3 Å². The molecule has 0 spiro atoms. The van der Waals surface area contributed by atoms with Crippen LogP contribution in [0.4, 0.5) is 0 Å². The van der Waals surface area contributed by atoms with Crippen molar-refractivity contribution in [3.63, 3.8) is 0 Å². The summed E-state index contributed by atoms with van der Waals surface area (Å²) in [5, 5.41) is 8.95. The molecule has 0 fully saturated rings. The van der Waals surface area contributed by atoms with Crippen molar-refractivity contribution >= 4 is 12.1 Å². The van der Waals surface area contributed by atoms with E-state index in [2.05, 4.69) is 10.5 Å². The lowest BCUT2D eigenvalue weighted by Gasteiger charge is -2.04. The number of benzene rings is 2. The number of nitrogens with one attached hydrogen (secondary N) is 1. The van der Waals surface area contributed by atoms with Crippen LogP contribution in [-0.4, -0.2) is 21.9 Å². The van der Waals surface area contributed by atoms with Gasteiger partial charge in [-0.1, -0.05) is 48.5 Å². The van der Waals surface area contributed by atoms with E-state index < -0.39 is 0 Å². The van der Waals surface area contributed by atoms with Gasteiger partial charge in [0.15, 0.2) is 0 Å². The zero-order valence-corrected chi connectivity index (χ0v) is 17.1. The first-order valence-electron chi connectivity index (χ1n) is 9.64. The summed E-state index contributed by atoms with van der Waals surface area (Å²) in [6.07, 6.45) is 3.53. The number of rotatable bonds is 5. The summed E-state index contributed by atoms with van der Waals surface area (Å²) in [6, 6.07) is 19.6. The van der Waals surface area contributed by atoms with Crippen LogP contribution in [0.15, 0.2) is 76.4 Å². The van der Waals surface area contributed by atoms with E-state index in [0.717, 1.165) is 28.1 Å². The minimum Gasteiger partial charge on any atom is -0.466 e. The van der Waals surface area contributed by atoms with E-state index in [-0.39, 0.29) is 5.91 Å². The number of hydrogen-bond acceptors (Lipinski definition) is 4. The van der Waals surface area contributed by atoms with Crippen LogP contribution in [0.5, 0.6) is 0 Å². The van der Waals surface area contributed by atoms with Gasteiger partial charge in [0.25, 0.3) is 5.91 Å². The second-order valence-electron chi connectivity index (χ2n) is 7.06. The second kappa shape index (κ2) is 8.21. The lowest BCUT2D eigenvalue weighted by atomic mass is 10.1. The number of furan rings is 1. The van der Waals surface area contributed by atoms with Crippen molar-refractivity contribution in [1.29, 1.82) is 0 Å². The van der Waals surface area contributed by atoms with E-state index in [4.69, 9.17) is 9.52 Å². The number of aromatic nitrogens is 2. The third-order valence-corrected chi connectivity index (χ3v) is 4.81. The maximum atomic E-state index is 12.4. The monoisotopic (exact) mass is 398 g/mol. The van der Waals surface area contributed by atoms with E-state index in [1.165, 1.54) is 0 Å². The number of hydrazone groups is 1. The Bertz CT molecular complexity index is 1220. The van der Waals surface area contributed by atoms with Crippen molar-refractivity contribution in [2.24, 2.45) is 5.10 Å². The Morgan fingerprint density at radius 3 is 2.50 bits per heavy atom. The van der Waals surface area contributed by atoms with E-state index in [1.807, 2.05) is 72.4 Å². The van der Waals surface area contributed by atoms with Crippen LogP contribution in [0.25, 0.3) is 16.9 Å². The van der Waals surface area contributed by atoms with Gasteiger partial charge in [-0.3, -0.25) is 4.79 Å². The molecule has 1 amide bonds. The molecule has 2 heterocycles. The number of para-hydroxylation sites is 1. The number of aryl methyl sites for hydroxylation is 3. The van der Waals surface area contributed by atoms with Gasteiger partial charge < -0.3 is 4.42 Å². The van der Waals surface area contributed by atoms with Crippen LogP contribution in [0.2, 0.25) is 0 Å². The molecule has 6 nitrogen and oxygen atoms in total. The second-order valence-corrected chi connectivity index (χ2v) is 7.06. The van der Waals surface area contributed by atoms with Gasteiger partial charge in [0.1, 0.15) is 17.2 Å². The SMILES string of the molecule is Cc1cc(C(=O)N/N=C\c2cn(-c3ccccc3C)nc2-c2ccccc2)c(C)o1. The first-order valence-corrected chi connectivity index (χ1v) is 9.64. The quantitative estimate of drug-likeness (QED) is 0.387. The lowest BCUT2D eigenvalue weighted by Crippen LogP contribution is -2.17. The fraction of sp³-hybridized carbons (Fsp3) is 0.125. The zero-order valence-electron chi connectivity index (χ0n) is 17.1. The highest BCUT2D eigenvalue weighted by molar-refractivity contribution is 5.96.